The maximum Gasteiger partial charge on any atom is 0.0207 e. The molecule has 1 fully saturated rings. The zero-order valence-electron chi connectivity index (χ0n) is 10.8. The van der Waals surface area contributed by atoms with E-state index in [1.54, 1.807) is 0 Å². The highest BCUT2D eigenvalue weighted by atomic mass is 79.9. The molecule has 1 saturated carbocycles. The summed E-state index contributed by atoms with van der Waals surface area (Å²) in [5, 5.41) is 3.61. The Labute approximate surface area is 113 Å². The first-order chi connectivity index (χ1) is 8.11. The Bertz CT molecular complexity index is 369. The number of benzene rings is 1. The van der Waals surface area contributed by atoms with E-state index in [2.05, 4.69) is 59.4 Å². The summed E-state index contributed by atoms with van der Waals surface area (Å²) in [5.41, 5.74) is 1.96. The lowest BCUT2D eigenvalue weighted by Crippen LogP contribution is -2.43. The minimum absolute atomic E-state index is 0.508. The van der Waals surface area contributed by atoms with Gasteiger partial charge in [-0.3, -0.25) is 0 Å². The summed E-state index contributed by atoms with van der Waals surface area (Å²) >= 11 is 3.66. The van der Waals surface area contributed by atoms with Gasteiger partial charge in [0, 0.05) is 17.1 Å². The normalized spacial score (nSPS) is 18.1. The molecule has 0 aliphatic heterocycles. The van der Waals surface area contributed by atoms with E-state index < -0.39 is 0 Å². The maximum atomic E-state index is 3.66. The Morgan fingerprint density at radius 3 is 2.53 bits per heavy atom. The summed E-state index contributed by atoms with van der Waals surface area (Å²) in [6.07, 6.45) is 5.33. The average Bonchev–Trinajstić information content (AvgIpc) is 2.24. The van der Waals surface area contributed by atoms with Crippen molar-refractivity contribution in [2.75, 3.05) is 6.54 Å². The third-order valence-electron chi connectivity index (χ3n) is 3.82. The number of halogens is 1. The van der Waals surface area contributed by atoms with E-state index >= 15 is 0 Å². The molecule has 0 aromatic heterocycles. The van der Waals surface area contributed by atoms with Crippen LogP contribution in [0, 0.1) is 5.41 Å². The van der Waals surface area contributed by atoms with Crippen LogP contribution in [-0.2, 0) is 6.42 Å². The lowest BCUT2D eigenvalue weighted by molar-refractivity contribution is 0.126. The van der Waals surface area contributed by atoms with Gasteiger partial charge in [0.1, 0.15) is 0 Å². The third kappa shape index (κ3) is 3.32. The minimum Gasteiger partial charge on any atom is -0.314 e. The zero-order valence-corrected chi connectivity index (χ0v) is 12.4. The highest BCUT2D eigenvalue weighted by Gasteiger charge is 2.37. The van der Waals surface area contributed by atoms with Crippen LogP contribution in [0.15, 0.2) is 28.7 Å². The highest BCUT2D eigenvalue weighted by Crippen LogP contribution is 2.44. The standard InChI is InChI=1S/C15H22BrN/c1-12(2)17-11-15(8-5-9-15)10-13-6-3-4-7-14(13)16/h3-4,6-7,12,17H,5,8-11H2,1-2H3. The van der Waals surface area contributed by atoms with Crippen LogP contribution < -0.4 is 5.32 Å². The monoisotopic (exact) mass is 295 g/mol. The molecule has 0 saturated heterocycles. The summed E-state index contributed by atoms with van der Waals surface area (Å²) in [6.45, 7) is 5.61. The van der Waals surface area contributed by atoms with Crippen molar-refractivity contribution < 1.29 is 0 Å². The molecule has 1 N–H and O–H groups in total. The third-order valence-corrected chi connectivity index (χ3v) is 4.60. The van der Waals surface area contributed by atoms with Gasteiger partial charge >= 0.3 is 0 Å². The predicted molar refractivity (Wildman–Crippen MR) is 77.3 cm³/mol. The summed E-state index contributed by atoms with van der Waals surface area (Å²) < 4.78 is 1.26. The number of hydrogen-bond acceptors (Lipinski definition) is 1. The Morgan fingerprint density at radius 1 is 1.29 bits per heavy atom. The molecular weight excluding hydrogens is 274 g/mol. The van der Waals surface area contributed by atoms with Gasteiger partial charge < -0.3 is 5.32 Å². The van der Waals surface area contributed by atoms with Crippen molar-refractivity contribution in [1.82, 2.24) is 5.32 Å². The molecule has 0 spiro atoms. The first-order valence-corrected chi connectivity index (χ1v) is 7.37. The van der Waals surface area contributed by atoms with Gasteiger partial charge in [-0.15, -0.1) is 0 Å². The van der Waals surface area contributed by atoms with Crippen LogP contribution >= 0.6 is 15.9 Å². The Hall–Kier alpha value is -0.340. The Balaban J connectivity index is 2.02. The van der Waals surface area contributed by atoms with Crippen molar-refractivity contribution in [2.45, 2.75) is 45.6 Å². The van der Waals surface area contributed by atoms with Crippen LogP contribution in [0.3, 0.4) is 0 Å². The predicted octanol–water partition coefficient (Wildman–Crippen LogP) is 4.16. The zero-order chi connectivity index (χ0) is 12.3. The molecule has 94 valence electrons. The van der Waals surface area contributed by atoms with Crippen LogP contribution in [-0.4, -0.2) is 12.6 Å². The van der Waals surface area contributed by atoms with Crippen LogP contribution in [0.25, 0.3) is 0 Å². The lowest BCUT2D eigenvalue weighted by atomic mass is 9.65. The molecule has 17 heavy (non-hydrogen) atoms. The van der Waals surface area contributed by atoms with Gasteiger partial charge in [-0.25, -0.2) is 0 Å². The molecule has 1 aliphatic rings. The van der Waals surface area contributed by atoms with Crippen molar-refractivity contribution in [3.8, 4) is 0 Å². The molecule has 0 bridgehead atoms. The van der Waals surface area contributed by atoms with E-state index in [4.69, 9.17) is 0 Å². The second-order valence-electron chi connectivity index (χ2n) is 5.66. The van der Waals surface area contributed by atoms with Gasteiger partial charge in [0.15, 0.2) is 0 Å². The van der Waals surface area contributed by atoms with Gasteiger partial charge in [-0.05, 0) is 36.3 Å². The molecular formula is C15H22BrN. The molecule has 0 radical (unpaired) electrons. The van der Waals surface area contributed by atoms with Crippen molar-refractivity contribution >= 4 is 15.9 Å². The summed E-state index contributed by atoms with van der Waals surface area (Å²) in [7, 11) is 0. The largest absolute Gasteiger partial charge is 0.314 e. The molecule has 0 amide bonds. The van der Waals surface area contributed by atoms with Gasteiger partial charge in [0.05, 0.1) is 0 Å². The van der Waals surface area contributed by atoms with Crippen LogP contribution in [0.1, 0.15) is 38.7 Å². The molecule has 1 aromatic rings. The Kier molecular flexibility index (Phi) is 4.26. The smallest absolute Gasteiger partial charge is 0.0207 e. The highest BCUT2D eigenvalue weighted by molar-refractivity contribution is 9.10. The number of rotatable bonds is 5. The second-order valence-corrected chi connectivity index (χ2v) is 6.51. The molecule has 0 unspecified atom stereocenters. The van der Waals surface area contributed by atoms with E-state index in [0.717, 1.165) is 6.54 Å². The summed E-state index contributed by atoms with van der Waals surface area (Å²) in [4.78, 5) is 0. The van der Waals surface area contributed by atoms with E-state index in [1.165, 1.54) is 35.7 Å². The fourth-order valence-corrected chi connectivity index (χ4v) is 2.98. The van der Waals surface area contributed by atoms with Gasteiger partial charge in [-0.2, -0.15) is 0 Å². The molecule has 2 heteroatoms. The molecule has 0 atom stereocenters. The van der Waals surface area contributed by atoms with Gasteiger partial charge in [-0.1, -0.05) is 54.4 Å². The SMILES string of the molecule is CC(C)NCC1(Cc2ccccc2Br)CCC1. The molecule has 1 aromatic carbocycles. The summed E-state index contributed by atoms with van der Waals surface area (Å²) in [5.74, 6) is 0. The summed E-state index contributed by atoms with van der Waals surface area (Å²) in [6, 6.07) is 9.22. The quantitative estimate of drug-likeness (QED) is 0.860. The number of hydrogen-bond donors (Lipinski definition) is 1. The molecule has 0 heterocycles. The van der Waals surface area contributed by atoms with Gasteiger partial charge in [0.25, 0.3) is 0 Å². The van der Waals surface area contributed by atoms with Crippen molar-refractivity contribution in [3.63, 3.8) is 0 Å². The lowest BCUT2D eigenvalue weighted by Gasteiger charge is -2.43. The minimum atomic E-state index is 0.508. The van der Waals surface area contributed by atoms with Crippen LogP contribution in [0.4, 0.5) is 0 Å². The fourth-order valence-electron chi connectivity index (χ4n) is 2.56. The molecule has 1 aliphatic carbocycles. The maximum absolute atomic E-state index is 3.66. The molecule has 2 rings (SSSR count). The van der Waals surface area contributed by atoms with E-state index in [-0.39, 0.29) is 0 Å². The first kappa shape index (κ1) is 13.1. The van der Waals surface area contributed by atoms with E-state index in [9.17, 15) is 0 Å². The first-order valence-electron chi connectivity index (χ1n) is 6.58. The van der Waals surface area contributed by atoms with Crippen molar-refractivity contribution in [2.24, 2.45) is 5.41 Å². The Morgan fingerprint density at radius 2 is 2.00 bits per heavy atom. The van der Waals surface area contributed by atoms with Crippen molar-refractivity contribution in [1.29, 1.82) is 0 Å². The second kappa shape index (κ2) is 5.53. The van der Waals surface area contributed by atoms with Crippen LogP contribution in [0.2, 0.25) is 0 Å². The average molecular weight is 296 g/mol. The topological polar surface area (TPSA) is 12.0 Å². The van der Waals surface area contributed by atoms with Gasteiger partial charge in [0.2, 0.25) is 0 Å². The van der Waals surface area contributed by atoms with E-state index in [1.807, 2.05) is 0 Å². The number of nitrogens with one attached hydrogen (secondary N) is 1. The van der Waals surface area contributed by atoms with Crippen LogP contribution in [0.5, 0.6) is 0 Å². The van der Waals surface area contributed by atoms with E-state index in [0.29, 0.717) is 11.5 Å². The van der Waals surface area contributed by atoms with Crippen molar-refractivity contribution in [3.05, 3.63) is 34.3 Å². The fraction of sp³-hybridized carbons (Fsp3) is 0.600. The molecule has 1 nitrogen and oxygen atoms in total.